The van der Waals surface area contributed by atoms with Crippen molar-refractivity contribution in [2.75, 3.05) is 5.32 Å². The van der Waals surface area contributed by atoms with Gasteiger partial charge in [-0.05, 0) is 25.1 Å². The van der Waals surface area contributed by atoms with E-state index in [0.717, 1.165) is 0 Å². The number of H-pyrrole nitrogens is 1. The van der Waals surface area contributed by atoms with Crippen LogP contribution in [-0.2, 0) is 0 Å². The van der Waals surface area contributed by atoms with Crippen LogP contribution in [0.5, 0.6) is 0 Å². The number of aromatic nitrogens is 1. The predicted molar refractivity (Wildman–Crippen MR) is 71.2 cm³/mol. The maximum atomic E-state index is 11.9. The maximum absolute atomic E-state index is 11.9. The first-order chi connectivity index (χ1) is 8.58. The van der Waals surface area contributed by atoms with E-state index in [2.05, 4.69) is 10.3 Å². The van der Waals surface area contributed by atoms with E-state index in [4.69, 9.17) is 11.6 Å². The molecule has 18 heavy (non-hydrogen) atoms. The molecule has 0 fully saturated rings. The van der Waals surface area contributed by atoms with Crippen molar-refractivity contribution in [2.24, 2.45) is 0 Å². The second kappa shape index (κ2) is 5.06. The second-order valence-electron chi connectivity index (χ2n) is 3.81. The topological polar surface area (TPSA) is 62.0 Å². The number of hydrogen-bond acceptors (Lipinski definition) is 2. The molecule has 2 N–H and O–H groups in total. The van der Waals surface area contributed by atoms with E-state index in [9.17, 15) is 9.59 Å². The molecule has 1 aromatic heterocycles. The average Bonchev–Trinajstić information content (AvgIpc) is 2.35. The van der Waals surface area contributed by atoms with Crippen molar-refractivity contribution < 1.29 is 4.79 Å². The van der Waals surface area contributed by atoms with Crippen LogP contribution >= 0.6 is 11.6 Å². The number of anilines is 1. The van der Waals surface area contributed by atoms with Crippen LogP contribution in [-0.4, -0.2) is 10.9 Å². The number of aryl methyl sites for hydroxylation is 1. The molecule has 2 aromatic rings. The van der Waals surface area contributed by atoms with Crippen LogP contribution in [0.2, 0.25) is 5.02 Å². The van der Waals surface area contributed by atoms with Crippen LogP contribution in [0.3, 0.4) is 0 Å². The summed E-state index contributed by atoms with van der Waals surface area (Å²) in [5, 5.41) is 2.98. The predicted octanol–water partition coefficient (Wildman–Crippen LogP) is 2.59. The first-order valence-corrected chi connectivity index (χ1v) is 5.71. The molecule has 0 aliphatic heterocycles. The molecule has 0 spiro atoms. The fourth-order valence-electron chi connectivity index (χ4n) is 1.49. The molecule has 1 amide bonds. The molecule has 92 valence electrons. The summed E-state index contributed by atoms with van der Waals surface area (Å²) in [5.74, 6) is -0.482. The highest BCUT2D eigenvalue weighted by Gasteiger charge is 2.12. The number of para-hydroxylation sites is 1. The molecule has 1 aromatic carbocycles. The van der Waals surface area contributed by atoms with E-state index < -0.39 is 11.5 Å². The summed E-state index contributed by atoms with van der Waals surface area (Å²) in [6.07, 6.45) is 0. The van der Waals surface area contributed by atoms with Gasteiger partial charge in [-0.1, -0.05) is 29.8 Å². The minimum absolute atomic E-state index is 0.00514. The van der Waals surface area contributed by atoms with E-state index in [-0.39, 0.29) is 5.56 Å². The van der Waals surface area contributed by atoms with Gasteiger partial charge in [0.05, 0.1) is 5.02 Å². The Balaban J connectivity index is 2.30. The number of hydrogen-bond donors (Lipinski definition) is 2. The monoisotopic (exact) mass is 262 g/mol. The number of benzene rings is 1. The third-order valence-corrected chi connectivity index (χ3v) is 2.84. The van der Waals surface area contributed by atoms with Gasteiger partial charge in [0.25, 0.3) is 11.5 Å². The zero-order valence-electron chi connectivity index (χ0n) is 9.66. The summed E-state index contributed by atoms with van der Waals surface area (Å²) in [7, 11) is 0. The Labute approximate surface area is 109 Å². The average molecular weight is 263 g/mol. The Morgan fingerprint density at radius 1 is 1.28 bits per heavy atom. The van der Waals surface area contributed by atoms with Gasteiger partial charge in [-0.3, -0.25) is 9.59 Å². The molecule has 5 heteroatoms. The van der Waals surface area contributed by atoms with E-state index in [1.807, 2.05) is 6.07 Å². The summed E-state index contributed by atoms with van der Waals surface area (Å²) in [6, 6.07) is 10.3. The minimum Gasteiger partial charge on any atom is -0.324 e. The summed E-state index contributed by atoms with van der Waals surface area (Å²) < 4.78 is 0. The molecule has 0 aliphatic rings. The highest BCUT2D eigenvalue weighted by atomic mass is 35.5. The third kappa shape index (κ3) is 2.60. The maximum Gasteiger partial charge on any atom is 0.261 e. The summed E-state index contributed by atoms with van der Waals surface area (Å²) in [5.41, 5.74) is 0.705. The number of aromatic amines is 1. The zero-order valence-corrected chi connectivity index (χ0v) is 10.4. The second-order valence-corrected chi connectivity index (χ2v) is 4.21. The smallest absolute Gasteiger partial charge is 0.261 e. The molecule has 0 aliphatic carbocycles. The SMILES string of the molecule is Cc1[nH]c(=O)c(C(=O)Nc2ccccc2)cc1Cl. The molecule has 0 bridgehead atoms. The van der Waals surface area contributed by atoms with Crippen molar-refractivity contribution in [1.29, 1.82) is 0 Å². The number of carbonyl (C=O) groups is 1. The molecule has 0 atom stereocenters. The molecule has 1 heterocycles. The Morgan fingerprint density at radius 3 is 2.61 bits per heavy atom. The molecular weight excluding hydrogens is 252 g/mol. The van der Waals surface area contributed by atoms with Crippen molar-refractivity contribution in [3.05, 3.63) is 63.0 Å². The van der Waals surface area contributed by atoms with Gasteiger partial charge < -0.3 is 10.3 Å². The number of amides is 1. The molecule has 0 radical (unpaired) electrons. The van der Waals surface area contributed by atoms with Crippen molar-refractivity contribution in [2.45, 2.75) is 6.92 Å². The Kier molecular flexibility index (Phi) is 3.48. The molecular formula is C13H11ClN2O2. The van der Waals surface area contributed by atoms with Crippen molar-refractivity contribution in [3.8, 4) is 0 Å². The van der Waals surface area contributed by atoms with Gasteiger partial charge in [0.1, 0.15) is 5.56 Å². The van der Waals surface area contributed by atoms with Crippen LogP contribution in [0.15, 0.2) is 41.2 Å². The van der Waals surface area contributed by atoms with Crippen molar-refractivity contribution >= 4 is 23.2 Å². The number of carbonyl (C=O) groups excluding carboxylic acids is 1. The van der Waals surface area contributed by atoms with Gasteiger partial charge in [0, 0.05) is 11.4 Å². The van der Waals surface area contributed by atoms with Crippen LogP contribution in [0.1, 0.15) is 16.1 Å². The first-order valence-electron chi connectivity index (χ1n) is 5.34. The lowest BCUT2D eigenvalue weighted by molar-refractivity contribution is 0.102. The molecule has 0 saturated carbocycles. The van der Waals surface area contributed by atoms with E-state index in [1.165, 1.54) is 6.07 Å². The van der Waals surface area contributed by atoms with Gasteiger partial charge >= 0.3 is 0 Å². The normalized spacial score (nSPS) is 10.1. The third-order valence-electron chi connectivity index (χ3n) is 2.45. The Morgan fingerprint density at radius 2 is 1.94 bits per heavy atom. The molecule has 2 rings (SSSR count). The van der Waals surface area contributed by atoms with Gasteiger partial charge in [-0.25, -0.2) is 0 Å². The molecule has 0 unspecified atom stereocenters. The number of nitrogens with one attached hydrogen (secondary N) is 2. The van der Waals surface area contributed by atoms with E-state index >= 15 is 0 Å². The summed E-state index contributed by atoms with van der Waals surface area (Å²) in [4.78, 5) is 26.1. The Bertz CT molecular complexity index is 635. The molecule has 0 saturated heterocycles. The quantitative estimate of drug-likeness (QED) is 0.874. The lowest BCUT2D eigenvalue weighted by Gasteiger charge is -2.05. The number of pyridine rings is 1. The summed E-state index contributed by atoms with van der Waals surface area (Å²) in [6.45, 7) is 1.67. The van der Waals surface area contributed by atoms with Gasteiger partial charge in [-0.15, -0.1) is 0 Å². The summed E-state index contributed by atoms with van der Waals surface area (Å²) >= 11 is 5.88. The van der Waals surface area contributed by atoms with Crippen LogP contribution in [0, 0.1) is 6.92 Å². The van der Waals surface area contributed by atoms with Crippen LogP contribution < -0.4 is 10.9 Å². The standard InChI is InChI=1S/C13H11ClN2O2/c1-8-11(14)7-10(12(17)15-8)13(18)16-9-5-3-2-4-6-9/h2-7H,1H3,(H,15,17)(H,16,18). The van der Waals surface area contributed by atoms with E-state index in [1.54, 1.807) is 31.2 Å². The van der Waals surface area contributed by atoms with Crippen LogP contribution in [0.25, 0.3) is 0 Å². The first kappa shape index (κ1) is 12.4. The highest BCUT2D eigenvalue weighted by molar-refractivity contribution is 6.31. The minimum atomic E-state index is -0.482. The highest BCUT2D eigenvalue weighted by Crippen LogP contribution is 2.13. The van der Waals surface area contributed by atoms with Crippen molar-refractivity contribution in [3.63, 3.8) is 0 Å². The fourth-order valence-corrected chi connectivity index (χ4v) is 1.64. The van der Waals surface area contributed by atoms with Crippen LogP contribution in [0.4, 0.5) is 5.69 Å². The van der Waals surface area contributed by atoms with Gasteiger partial charge in [0.2, 0.25) is 0 Å². The lowest BCUT2D eigenvalue weighted by atomic mass is 10.2. The van der Waals surface area contributed by atoms with Crippen molar-refractivity contribution in [1.82, 2.24) is 4.98 Å². The number of halogens is 1. The largest absolute Gasteiger partial charge is 0.324 e. The Hall–Kier alpha value is -2.07. The lowest BCUT2D eigenvalue weighted by Crippen LogP contribution is -2.23. The number of rotatable bonds is 2. The fraction of sp³-hybridized carbons (Fsp3) is 0.0769. The molecule has 4 nitrogen and oxygen atoms in total. The van der Waals surface area contributed by atoms with Gasteiger partial charge in [-0.2, -0.15) is 0 Å². The zero-order chi connectivity index (χ0) is 13.1. The van der Waals surface area contributed by atoms with E-state index in [0.29, 0.717) is 16.4 Å². The van der Waals surface area contributed by atoms with Gasteiger partial charge in [0.15, 0.2) is 0 Å².